The molecule has 0 saturated heterocycles. The lowest BCUT2D eigenvalue weighted by Gasteiger charge is -2.27. The first-order valence-corrected chi connectivity index (χ1v) is 13.2. The number of hydrogen-bond donors (Lipinski definition) is 2. The third-order valence-corrected chi connectivity index (χ3v) is 7.33. The fourth-order valence-corrected chi connectivity index (χ4v) is 4.86. The first kappa shape index (κ1) is 30.3. The van der Waals surface area contributed by atoms with Crippen LogP contribution >= 0.6 is 0 Å². The first-order chi connectivity index (χ1) is 18.9. The van der Waals surface area contributed by atoms with Crippen molar-refractivity contribution in [2.45, 2.75) is 64.2 Å². The molecule has 0 saturated carbocycles. The molecule has 212 valence electrons. The summed E-state index contributed by atoms with van der Waals surface area (Å²) in [6.45, 7) is 8.07. The second-order valence-electron chi connectivity index (χ2n) is 10.5. The molecule has 2 aromatic carbocycles. The molecule has 0 fully saturated rings. The van der Waals surface area contributed by atoms with Gasteiger partial charge >= 0.3 is 11.9 Å². The molecule has 3 rings (SSSR count). The molecule has 1 aliphatic rings. The van der Waals surface area contributed by atoms with Crippen LogP contribution in [-0.2, 0) is 28.7 Å². The molecule has 8 heteroatoms. The Bertz CT molecular complexity index is 1240. The van der Waals surface area contributed by atoms with Gasteiger partial charge in [0.1, 0.15) is 0 Å². The minimum absolute atomic E-state index is 0.231. The highest BCUT2D eigenvalue weighted by Gasteiger charge is 2.43. The van der Waals surface area contributed by atoms with Crippen molar-refractivity contribution >= 4 is 23.5 Å². The number of rotatable bonds is 10. The molecule has 40 heavy (non-hydrogen) atoms. The molecule has 1 aliphatic carbocycles. The van der Waals surface area contributed by atoms with Gasteiger partial charge in [0, 0.05) is 11.8 Å². The number of carbonyl (C=O) groups excluding carboxylic acids is 4. The van der Waals surface area contributed by atoms with Crippen LogP contribution in [0.25, 0.3) is 0 Å². The molecule has 0 spiro atoms. The Morgan fingerprint density at radius 1 is 0.600 bits per heavy atom. The second kappa shape index (κ2) is 12.8. The molecule has 0 aliphatic heterocycles. The number of carbonyl (C=O) groups is 4. The van der Waals surface area contributed by atoms with Crippen LogP contribution in [0.5, 0.6) is 0 Å². The third-order valence-electron chi connectivity index (χ3n) is 7.33. The van der Waals surface area contributed by atoms with Crippen molar-refractivity contribution in [3.63, 3.8) is 0 Å². The van der Waals surface area contributed by atoms with Gasteiger partial charge in [-0.15, -0.1) is 0 Å². The molecule has 0 bridgehead atoms. The number of Topliss-reactive ketones (excluding diaryl/α,β-unsaturated/α-hetero) is 2. The van der Waals surface area contributed by atoms with Crippen LogP contribution in [-0.4, -0.2) is 47.9 Å². The number of methoxy groups -OCH3 is 2. The van der Waals surface area contributed by atoms with Crippen LogP contribution in [0.3, 0.4) is 0 Å². The molecule has 0 unspecified atom stereocenters. The van der Waals surface area contributed by atoms with Crippen LogP contribution in [0.15, 0.2) is 71.2 Å². The second-order valence-corrected chi connectivity index (χ2v) is 10.5. The van der Waals surface area contributed by atoms with Gasteiger partial charge in [0.05, 0.1) is 38.2 Å². The normalized spacial score (nSPS) is 15.5. The highest BCUT2D eigenvalue weighted by molar-refractivity contribution is 6.24. The lowest BCUT2D eigenvalue weighted by atomic mass is 9.75. The summed E-state index contributed by atoms with van der Waals surface area (Å²) in [5.41, 5.74) is 2.21. The van der Waals surface area contributed by atoms with E-state index in [9.17, 15) is 29.4 Å². The van der Waals surface area contributed by atoms with Crippen LogP contribution in [0.1, 0.15) is 86.5 Å². The highest BCUT2D eigenvalue weighted by Crippen LogP contribution is 2.41. The molecular weight excluding hydrogens is 512 g/mol. The lowest BCUT2D eigenvalue weighted by molar-refractivity contribution is -0.142. The number of allylic oxidation sites excluding steroid dienone is 2. The number of esters is 2. The number of aliphatic hydroxyl groups excluding tert-OH is 2. The number of hydrogen-bond acceptors (Lipinski definition) is 8. The van der Waals surface area contributed by atoms with Gasteiger partial charge in [0.25, 0.3) is 0 Å². The van der Waals surface area contributed by atoms with Gasteiger partial charge in [0.2, 0.25) is 11.6 Å². The summed E-state index contributed by atoms with van der Waals surface area (Å²) in [6, 6.07) is 14.2. The Balaban J connectivity index is 2.13. The van der Waals surface area contributed by atoms with Crippen LogP contribution in [0.2, 0.25) is 0 Å². The Kier molecular flexibility index (Phi) is 9.69. The van der Waals surface area contributed by atoms with E-state index in [0.717, 1.165) is 11.1 Å². The number of ketones is 2. The van der Waals surface area contributed by atoms with Gasteiger partial charge in [-0.3, -0.25) is 19.2 Å². The maximum atomic E-state index is 13.6. The van der Waals surface area contributed by atoms with Crippen molar-refractivity contribution in [2.24, 2.45) is 0 Å². The fraction of sp³-hybridized carbons (Fsp3) is 0.375. The van der Waals surface area contributed by atoms with E-state index in [4.69, 9.17) is 9.47 Å². The molecule has 2 N–H and O–H groups in total. The number of aliphatic hydroxyl groups is 2. The molecular formula is C32H36O8. The van der Waals surface area contributed by atoms with Crippen molar-refractivity contribution in [2.75, 3.05) is 14.2 Å². The third kappa shape index (κ3) is 6.33. The van der Waals surface area contributed by atoms with E-state index in [0.29, 0.717) is 11.1 Å². The standard InChI is InChI=1S/C32H36O8/c1-17(2)19-7-11-21(12-8-19)23(15-25(33)39-5)27-29(35)31(37)28(32(38)30(27)36)24(16-26(34)40-6)22-13-9-20(10-14-22)18(3)4/h7-14,17-18,23-24,35,38H,15-16H2,1-6H3/t23-,24+. The van der Waals surface area contributed by atoms with Gasteiger partial charge < -0.3 is 19.7 Å². The van der Waals surface area contributed by atoms with Gasteiger partial charge in [-0.2, -0.15) is 0 Å². The van der Waals surface area contributed by atoms with Crippen molar-refractivity contribution in [1.29, 1.82) is 0 Å². The van der Waals surface area contributed by atoms with Crippen LogP contribution in [0, 0.1) is 0 Å². The summed E-state index contributed by atoms with van der Waals surface area (Å²) in [7, 11) is 2.39. The lowest BCUT2D eigenvalue weighted by Crippen LogP contribution is -2.31. The summed E-state index contributed by atoms with van der Waals surface area (Å²) in [4.78, 5) is 51.9. The molecule has 2 aromatic rings. The summed E-state index contributed by atoms with van der Waals surface area (Å²) in [6.07, 6.45) is -0.693. The van der Waals surface area contributed by atoms with E-state index in [-0.39, 0.29) is 24.7 Å². The molecule has 8 nitrogen and oxygen atoms in total. The quantitative estimate of drug-likeness (QED) is 0.286. The van der Waals surface area contributed by atoms with Crippen molar-refractivity contribution in [3.05, 3.63) is 93.4 Å². The van der Waals surface area contributed by atoms with Gasteiger partial charge in [-0.25, -0.2) is 0 Å². The molecule has 0 radical (unpaired) electrons. The van der Waals surface area contributed by atoms with Gasteiger partial charge in [-0.1, -0.05) is 76.2 Å². The number of ether oxygens (including phenoxy) is 2. The average molecular weight is 549 g/mol. The minimum Gasteiger partial charge on any atom is -0.504 e. The summed E-state index contributed by atoms with van der Waals surface area (Å²) in [5.74, 6) is -6.74. The van der Waals surface area contributed by atoms with E-state index in [2.05, 4.69) is 0 Å². The Hall–Kier alpha value is -4.20. The van der Waals surface area contributed by atoms with E-state index >= 15 is 0 Å². The van der Waals surface area contributed by atoms with Gasteiger partial charge in [-0.05, 0) is 34.1 Å². The zero-order valence-corrected chi connectivity index (χ0v) is 23.7. The maximum Gasteiger partial charge on any atom is 0.306 e. The molecule has 2 atom stereocenters. The first-order valence-electron chi connectivity index (χ1n) is 13.2. The molecule has 0 heterocycles. The van der Waals surface area contributed by atoms with Crippen molar-refractivity contribution in [1.82, 2.24) is 0 Å². The van der Waals surface area contributed by atoms with E-state index in [1.165, 1.54) is 14.2 Å². The predicted octanol–water partition coefficient (Wildman–Crippen LogP) is 5.70. The largest absolute Gasteiger partial charge is 0.504 e. The molecule has 0 aromatic heterocycles. The monoisotopic (exact) mass is 548 g/mol. The Morgan fingerprint density at radius 2 is 0.875 bits per heavy atom. The van der Waals surface area contributed by atoms with Crippen molar-refractivity contribution in [3.8, 4) is 0 Å². The van der Waals surface area contributed by atoms with E-state index in [1.807, 2.05) is 52.0 Å². The summed E-state index contributed by atoms with van der Waals surface area (Å²) in [5, 5.41) is 22.3. The minimum atomic E-state index is -1.06. The van der Waals surface area contributed by atoms with E-state index in [1.54, 1.807) is 24.3 Å². The number of benzene rings is 2. The molecule has 0 amide bonds. The topological polar surface area (TPSA) is 127 Å². The highest BCUT2D eigenvalue weighted by atomic mass is 16.5. The average Bonchev–Trinajstić information content (AvgIpc) is 2.95. The maximum absolute atomic E-state index is 13.6. The predicted molar refractivity (Wildman–Crippen MR) is 149 cm³/mol. The fourth-order valence-electron chi connectivity index (χ4n) is 4.86. The summed E-state index contributed by atoms with van der Waals surface area (Å²) < 4.78 is 9.63. The van der Waals surface area contributed by atoms with Crippen molar-refractivity contribution < 1.29 is 38.9 Å². The Labute approximate surface area is 234 Å². The van der Waals surface area contributed by atoms with Crippen LogP contribution < -0.4 is 0 Å². The SMILES string of the molecule is COC(=O)C[C@H](C1=C(O)C(=O)C([C@H](CC(=O)OC)c2ccc(C(C)C)cc2)=C(O)C1=O)c1ccc(C(C)C)cc1. The smallest absolute Gasteiger partial charge is 0.306 e. The summed E-state index contributed by atoms with van der Waals surface area (Å²) >= 11 is 0. The van der Waals surface area contributed by atoms with E-state index < -0.39 is 58.0 Å². The zero-order chi connectivity index (χ0) is 29.7. The van der Waals surface area contributed by atoms with Gasteiger partial charge in [0.15, 0.2) is 11.5 Å². The zero-order valence-electron chi connectivity index (χ0n) is 23.7. The Morgan fingerprint density at radius 3 is 1.12 bits per heavy atom. The van der Waals surface area contributed by atoms with Crippen LogP contribution in [0.4, 0.5) is 0 Å².